The number of thiazole rings is 1. The summed E-state index contributed by atoms with van der Waals surface area (Å²) in [6, 6.07) is 0.641. The second kappa shape index (κ2) is 5.33. The smallest absolute Gasteiger partial charge is 0.185 e. The number of hydrogen-bond donors (Lipinski definition) is 1. The highest BCUT2D eigenvalue weighted by Gasteiger charge is 2.23. The number of aryl methyl sites for hydroxylation is 1. The number of likely N-dealkylation sites (tertiary alicyclic amines) is 1. The fourth-order valence-electron chi connectivity index (χ4n) is 2.33. The third-order valence-corrected chi connectivity index (χ3v) is 4.76. The van der Waals surface area contributed by atoms with Gasteiger partial charge in [-0.05, 0) is 33.4 Å². The van der Waals surface area contributed by atoms with E-state index in [1.165, 1.54) is 19.4 Å². The molecule has 0 amide bonds. The van der Waals surface area contributed by atoms with Gasteiger partial charge in [0.2, 0.25) is 0 Å². The molecule has 17 heavy (non-hydrogen) atoms. The van der Waals surface area contributed by atoms with Crippen molar-refractivity contribution in [1.82, 2.24) is 9.88 Å². The molecule has 1 aromatic heterocycles. The molecule has 0 bridgehead atoms. The van der Waals surface area contributed by atoms with Crippen LogP contribution in [0.15, 0.2) is 0 Å². The van der Waals surface area contributed by atoms with Crippen LogP contribution in [-0.2, 0) is 6.61 Å². The lowest BCUT2D eigenvalue weighted by molar-refractivity contribution is 0.284. The van der Waals surface area contributed by atoms with Crippen molar-refractivity contribution in [3.05, 3.63) is 10.6 Å². The lowest BCUT2D eigenvalue weighted by Crippen LogP contribution is -2.36. The maximum atomic E-state index is 9.18. The van der Waals surface area contributed by atoms with Gasteiger partial charge in [-0.1, -0.05) is 11.3 Å². The molecule has 0 aromatic carbocycles. The summed E-state index contributed by atoms with van der Waals surface area (Å²) in [7, 11) is 4.28. The molecular weight excluding hydrogens is 234 g/mol. The molecule has 1 aromatic rings. The molecule has 0 saturated carbocycles. The van der Waals surface area contributed by atoms with Crippen LogP contribution < -0.4 is 4.90 Å². The molecule has 2 rings (SSSR count). The number of anilines is 1. The average molecular weight is 255 g/mol. The van der Waals surface area contributed by atoms with Crippen LogP contribution in [0.25, 0.3) is 0 Å². The van der Waals surface area contributed by atoms with E-state index in [0.29, 0.717) is 6.04 Å². The number of likely N-dealkylation sites (N-methyl/N-ethyl adjacent to an activating group) is 2. The van der Waals surface area contributed by atoms with Crippen LogP contribution in [0, 0.1) is 6.92 Å². The zero-order chi connectivity index (χ0) is 12.4. The Morgan fingerprint density at radius 3 is 2.88 bits per heavy atom. The molecule has 1 fully saturated rings. The summed E-state index contributed by atoms with van der Waals surface area (Å²) in [6.07, 6.45) is 2.58. The molecule has 0 radical (unpaired) electrons. The first kappa shape index (κ1) is 12.8. The number of hydrogen-bond acceptors (Lipinski definition) is 5. The summed E-state index contributed by atoms with van der Waals surface area (Å²) in [5, 5.41) is 10.2. The number of rotatable bonds is 4. The molecule has 4 nitrogen and oxygen atoms in total. The Morgan fingerprint density at radius 1 is 1.59 bits per heavy atom. The number of nitrogens with zero attached hydrogens (tertiary/aromatic N) is 3. The van der Waals surface area contributed by atoms with Gasteiger partial charge in [0.25, 0.3) is 0 Å². The van der Waals surface area contributed by atoms with Crippen LogP contribution in [0.5, 0.6) is 0 Å². The number of aliphatic hydroxyl groups excluding tert-OH is 1. The van der Waals surface area contributed by atoms with Crippen molar-refractivity contribution in [3.63, 3.8) is 0 Å². The van der Waals surface area contributed by atoms with Gasteiger partial charge >= 0.3 is 0 Å². The van der Waals surface area contributed by atoms with Gasteiger partial charge in [0.15, 0.2) is 5.13 Å². The van der Waals surface area contributed by atoms with E-state index in [9.17, 15) is 5.11 Å². The summed E-state index contributed by atoms with van der Waals surface area (Å²) < 4.78 is 0. The molecule has 1 atom stereocenters. The largest absolute Gasteiger partial charge is 0.391 e. The third kappa shape index (κ3) is 2.78. The van der Waals surface area contributed by atoms with Crippen LogP contribution in [0.2, 0.25) is 0 Å². The molecule has 0 aliphatic carbocycles. The quantitative estimate of drug-likeness (QED) is 0.884. The Labute approximate surface area is 107 Å². The van der Waals surface area contributed by atoms with Crippen LogP contribution in [-0.4, -0.2) is 48.2 Å². The molecule has 1 aliphatic rings. The predicted molar refractivity (Wildman–Crippen MR) is 71.7 cm³/mol. The highest BCUT2D eigenvalue weighted by atomic mass is 32.1. The van der Waals surface area contributed by atoms with Crippen LogP contribution in [0.3, 0.4) is 0 Å². The van der Waals surface area contributed by atoms with Gasteiger partial charge in [-0.2, -0.15) is 0 Å². The van der Waals surface area contributed by atoms with Gasteiger partial charge in [0, 0.05) is 19.6 Å². The second-order valence-corrected chi connectivity index (χ2v) is 5.88. The Hall–Kier alpha value is -0.650. The lowest BCUT2D eigenvalue weighted by atomic mass is 10.2. The molecule has 1 N–H and O–H groups in total. The molecule has 0 spiro atoms. The Kier molecular flexibility index (Phi) is 4.01. The van der Waals surface area contributed by atoms with E-state index in [1.807, 2.05) is 6.92 Å². The van der Waals surface area contributed by atoms with Crippen molar-refractivity contribution in [2.75, 3.05) is 32.1 Å². The van der Waals surface area contributed by atoms with Crippen molar-refractivity contribution in [2.45, 2.75) is 32.4 Å². The van der Waals surface area contributed by atoms with Crippen molar-refractivity contribution >= 4 is 16.5 Å². The van der Waals surface area contributed by atoms with Crippen molar-refractivity contribution in [1.29, 1.82) is 0 Å². The van der Waals surface area contributed by atoms with Gasteiger partial charge < -0.3 is 14.9 Å². The van der Waals surface area contributed by atoms with E-state index in [4.69, 9.17) is 0 Å². The summed E-state index contributed by atoms with van der Waals surface area (Å²) in [4.78, 5) is 10.1. The Balaban J connectivity index is 2.01. The Bertz CT molecular complexity index is 380. The highest BCUT2D eigenvalue weighted by Crippen LogP contribution is 2.26. The summed E-state index contributed by atoms with van der Waals surface area (Å²) >= 11 is 1.60. The zero-order valence-corrected chi connectivity index (χ0v) is 11.6. The van der Waals surface area contributed by atoms with Gasteiger partial charge in [-0.15, -0.1) is 0 Å². The number of aromatic nitrogens is 1. The second-order valence-electron chi connectivity index (χ2n) is 4.82. The summed E-state index contributed by atoms with van der Waals surface area (Å²) in [5.41, 5.74) is 0.958. The summed E-state index contributed by atoms with van der Waals surface area (Å²) in [5.74, 6) is 0. The fourth-order valence-corrected chi connectivity index (χ4v) is 3.22. The minimum absolute atomic E-state index is 0.0979. The highest BCUT2D eigenvalue weighted by molar-refractivity contribution is 7.15. The van der Waals surface area contributed by atoms with E-state index in [-0.39, 0.29) is 6.61 Å². The first-order valence-electron chi connectivity index (χ1n) is 6.10. The zero-order valence-electron chi connectivity index (χ0n) is 10.8. The fraction of sp³-hybridized carbons (Fsp3) is 0.750. The Morgan fingerprint density at radius 2 is 2.35 bits per heavy atom. The molecule has 1 saturated heterocycles. The normalized spacial score (nSPS) is 21.1. The van der Waals surface area contributed by atoms with E-state index < -0.39 is 0 Å². The van der Waals surface area contributed by atoms with Gasteiger partial charge in [-0.25, -0.2) is 4.98 Å². The standard InChI is InChI=1S/C12H21N3OS/c1-9-11(8-16)17-12(13-9)15(3)7-10-5-4-6-14(10)2/h10,16H,4-8H2,1-3H3. The SMILES string of the molecule is Cc1nc(N(C)CC2CCCN2C)sc1CO. The molecule has 1 unspecified atom stereocenters. The third-order valence-electron chi connectivity index (χ3n) is 3.51. The first-order valence-corrected chi connectivity index (χ1v) is 6.92. The van der Waals surface area contributed by atoms with Crippen LogP contribution in [0.4, 0.5) is 5.13 Å². The van der Waals surface area contributed by atoms with Gasteiger partial charge in [-0.3, -0.25) is 0 Å². The number of aliphatic hydroxyl groups is 1. The van der Waals surface area contributed by atoms with E-state index >= 15 is 0 Å². The maximum Gasteiger partial charge on any atom is 0.185 e. The van der Waals surface area contributed by atoms with Crippen molar-refractivity contribution < 1.29 is 5.11 Å². The molecule has 1 aliphatic heterocycles. The molecular formula is C12H21N3OS. The van der Waals surface area contributed by atoms with Crippen LogP contribution in [0.1, 0.15) is 23.4 Å². The van der Waals surface area contributed by atoms with Gasteiger partial charge in [0.05, 0.1) is 17.2 Å². The topological polar surface area (TPSA) is 39.6 Å². The van der Waals surface area contributed by atoms with Crippen molar-refractivity contribution in [3.8, 4) is 0 Å². The minimum Gasteiger partial charge on any atom is -0.391 e. The lowest BCUT2D eigenvalue weighted by Gasteiger charge is -2.25. The minimum atomic E-state index is 0.0979. The van der Waals surface area contributed by atoms with Crippen LogP contribution >= 0.6 is 11.3 Å². The predicted octanol–water partition coefficient (Wildman–Crippen LogP) is 1.47. The molecule has 2 heterocycles. The van der Waals surface area contributed by atoms with Crippen molar-refractivity contribution in [2.24, 2.45) is 0 Å². The summed E-state index contributed by atoms with van der Waals surface area (Å²) in [6.45, 7) is 4.29. The first-order chi connectivity index (χ1) is 8.11. The van der Waals surface area contributed by atoms with E-state index in [2.05, 4.69) is 28.9 Å². The van der Waals surface area contributed by atoms with Gasteiger partial charge in [0.1, 0.15) is 0 Å². The van der Waals surface area contributed by atoms with E-state index in [1.54, 1.807) is 11.3 Å². The average Bonchev–Trinajstić information content (AvgIpc) is 2.86. The maximum absolute atomic E-state index is 9.18. The van der Waals surface area contributed by atoms with E-state index in [0.717, 1.165) is 22.2 Å². The monoisotopic (exact) mass is 255 g/mol. The molecule has 96 valence electrons. The molecule has 5 heteroatoms.